The molecular formula is C22H31ClN6O. The smallest absolute Gasteiger partial charge is 0.163 e. The molecule has 30 heavy (non-hydrogen) atoms. The predicted octanol–water partition coefficient (Wildman–Crippen LogP) is 3.27. The number of fused-ring (bicyclic) bond motifs is 1. The molecule has 1 aliphatic heterocycles. The highest BCUT2D eigenvalue weighted by Crippen LogP contribution is 2.27. The zero-order chi connectivity index (χ0) is 20.3. The fourth-order valence-corrected chi connectivity index (χ4v) is 3.81. The van der Waals surface area contributed by atoms with Gasteiger partial charge in [-0.1, -0.05) is 44.2 Å². The highest BCUT2D eigenvalue weighted by atomic mass is 35.5. The monoisotopic (exact) mass is 430 g/mol. The molecule has 1 aliphatic rings. The first kappa shape index (κ1) is 22.3. The van der Waals surface area contributed by atoms with E-state index in [-0.39, 0.29) is 24.4 Å². The topological polar surface area (TPSA) is 86.5 Å². The van der Waals surface area contributed by atoms with Crippen molar-refractivity contribution < 1.29 is 5.11 Å². The van der Waals surface area contributed by atoms with Crippen molar-refractivity contribution in [3.8, 4) is 0 Å². The fraction of sp³-hybridized carbons (Fsp3) is 0.455. The predicted molar refractivity (Wildman–Crippen MR) is 124 cm³/mol. The van der Waals surface area contributed by atoms with Crippen molar-refractivity contribution in [1.82, 2.24) is 19.9 Å². The Balaban J connectivity index is 0.00000256. The SMILES string of the molecule is CC(C)c1cnn2c(NCc3ccccc3)cc(NCC3(CO)CCNC3)nc12.Cl. The molecule has 3 heterocycles. The molecule has 162 valence electrons. The summed E-state index contributed by atoms with van der Waals surface area (Å²) in [6, 6.07) is 12.3. The highest BCUT2D eigenvalue weighted by Gasteiger charge is 2.33. The third-order valence-corrected chi connectivity index (χ3v) is 5.75. The van der Waals surface area contributed by atoms with Crippen molar-refractivity contribution in [3.05, 3.63) is 53.7 Å². The second-order valence-corrected chi connectivity index (χ2v) is 8.29. The normalized spacial score (nSPS) is 18.5. The number of rotatable bonds is 8. The Morgan fingerprint density at radius 1 is 1.23 bits per heavy atom. The first-order chi connectivity index (χ1) is 14.1. The van der Waals surface area contributed by atoms with Gasteiger partial charge in [0, 0.05) is 36.7 Å². The summed E-state index contributed by atoms with van der Waals surface area (Å²) in [6.07, 6.45) is 2.86. The third-order valence-electron chi connectivity index (χ3n) is 5.75. The van der Waals surface area contributed by atoms with Crippen LogP contribution >= 0.6 is 12.4 Å². The molecule has 0 amide bonds. The molecule has 0 radical (unpaired) electrons. The average molecular weight is 431 g/mol. The van der Waals surface area contributed by atoms with E-state index in [0.29, 0.717) is 19.0 Å². The van der Waals surface area contributed by atoms with E-state index >= 15 is 0 Å². The Labute approximate surface area is 183 Å². The van der Waals surface area contributed by atoms with Gasteiger partial charge in [-0.15, -0.1) is 12.4 Å². The van der Waals surface area contributed by atoms with Gasteiger partial charge in [-0.25, -0.2) is 4.98 Å². The zero-order valence-corrected chi connectivity index (χ0v) is 18.4. The molecule has 0 spiro atoms. The number of aliphatic hydroxyl groups excluding tert-OH is 1. The summed E-state index contributed by atoms with van der Waals surface area (Å²) in [5.74, 6) is 2.03. The van der Waals surface area contributed by atoms with Gasteiger partial charge in [0.05, 0.1) is 12.8 Å². The van der Waals surface area contributed by atoms with Crippen molar-refractivity contribution in [1.29, 1.82) is 0 Å². The van der Waals surface area contributed by atoms with Crippen LogP contribution in [0.5, 0.6) is 0 Å². The molecule has 4 rings (SSSR count). The summed E-state index contributed by atoms with van der Waals surface area (Å²) in [7, 11) is 0. The fourth-order valence-electron chi connectivity index (χ4n) is 3.81. The summed E-state index contributed by atoms with van der Waals surface area (Å²) < 4.78 is 1.88. The summed E-state index contributed by atoms with van der Waals surface area (Å²) >= 11 is 0. The van der Waals surface area contributed by atoms with Crippen LogP contribution in [0.1, 0.15) is 37.3 Å². The van der Waals surface area contributed by atoms with Crippen LogP contribution in [0, 0.1) is 5.41 Å². The van der Waals surface area contributed by atoms with E-state index < -0.39 is 0 Å². The number of nitrogens with zero attached hydrogens (tertiary/aromatic N) is 3. The van der Waals surface area contributed by atoms with Crippen LogP contribution in [-0.4, -0.2) is 45.9 Å². The summed E-state index contributed by atoms with van der Waals surface area (Å²) in [6.45, 7) is 7.63. The van der Waals surface area contributed by atoms with Gasteiger partial charge >= 0.3 is 0 Å². The minimum atomic E-state index is -0.132. The lowest BCUT2D eigenvalue weighted by Gasteiger charge is -2.26. The molecule has 1 fully saturated rings. The average Bonchev–Trinajstić information content (AvgIpc) is 3.39. The van der Waals surface area contributed by atoms with Gasteiger partial charge in [-0.2, -0.15) is 9.61 Å². The standard InChI is InChI=1S/C22H30N6O.ClH/c1-16(2)18-12-26-28-20(24-11-17-6-4-3-5-7-17)10-19(27-21(18)28)25-14-22(15-29)8-9-23-13-22;/h3-7,10,12,16,23-24,29H,8-9,11,13-15H2,1-2H3,(H,25,27);1H. The lowest BCUT2D eigenvalue weighted by atomic mass is 9.88. The summed E-state index contributed by atoms with van der Waals surface area (Å²) in [5, 5.41) is 24.8. The quantitative estimate of drug-likeness (QED) is 0.439. The number of anilines is 2. The van der Waals surface area contributed by atoms with Gasteiger partial charge in [-0.05, 0) is 24.4 Å². The van der Waals surface area contributed by atoms with Crippen molar-refractivity contribution >= 4 is 29.7 Å². The Morgan fingerprint density at radius 2 is 2.03 bits per heavy atom. The molecule has 1 aromatic carbocycles. The van der Waals surface area contributed by atoms with Gasteiger partial charge < -0.3 is 21.1 Å². The van der Waals surface area contributed by atoms with E-state index in [1.54, 1.807) is 0 Å². The van der Waals surface area contributed by atoms with E-state index in [4.69, 9.17) is 4.98 Å². The maximum absolute atomic E-state index is 9.89. The number of hydrogen-bond acceptors (Lipinski definition) is 6. The number of aromatic nitrogens is 3. The maximum Gasteiger partial charge on any atom is 0.163 e. The molecular weight excluding hydrogens is 400 g/mol. The van der Waals surface area contributed by atoms with Crippen LogP contribution in [-0.2, 0) is 6.54 Å². The summed E-state index contributed by atoms with van der Waals surface area (Å²) in [4.78, 5) is 4.85. The van der Waals surface area contributed by atoms with Crippen LogP contribution in [0.25, 0.3) is 5.65 Å². The van der Waals surface area contributed by atoms with E-state index in [1.165, 1.54) is 5.56 Å². The minimum absolute atomic E-state index is 0. The van der Waals surface area contributed by atoms with Crippen molar-refractivity contribution in [2.24, 2.45) is 5.41 Å². The maximum atomic E-state index is 9.89. The lowest BCUT2D eigenvalue weighted by Crippen LogP contribution is -2.35. The van der Waals surface area contributed by atoms with Crippen LogP contribution in [0.15, 0.2) is 42.6 Å². The number of aliphatic hydroxyl groups is 1. The molecule has 2 aromatic heterocycles. The van der Waals surface area contributed by atoms with Gasteiger partial charge in [0.2, 0.25) is 0 Å². The van der Waals surface area contributed by atoms with Crippen LogP contribution in [0.2, 0.25) is 0 Å². The second kappa shape index (κ2) is 9.64. The molecule has 1 atom stereocenters. The first-order valence-electron chi connectivity index (χ1n) is 10.3. The molecule has 0 aliphatic carbocycles. The van der Waals surface area contributed by atoms with E-state index in [1.807, 2.05) is 35.0 Å². The van der Waals surface area contributed by atoms with Gasteiger partial charge in [0.1, 0.15) is 11.6 Å². The van der Waals surface area contributed by atoms with E-state index in [2.05, 4.69) is 47.0 Å². The van der Waals surface area contributed by atoms with Gasteiger partial charge in [-0.3, -0.25) is 0 Å². The van der Waals surface area contributed by atoms with Crippen LogP contribution in [0.4, 0.5) is 11.6 Å². The number of benzene rings is 1. The molecule has 7 nitrogen and oxygen atoms in total. The second-order valence-electron chi connectivity index (χ2n) is 8.29. The van der Waals surface area contributed by atoms with Crippen LogP contribution in [0.3, 0.4) is 0 Å². The van der Waals surface area contributed by atoms with Crippen molar-refractivity contribution in [3.63, 3.8) is 0 Å². The first-order valence-corrected chi connectivity index (χ1v) is 10.3. The molecule has 1 saturated heterocycles. The zero-order valence-electron chi connectivity index (χ0n) is 17.6. The van der Waals surface area contributed by atoms with E-state index in [9.17, 15) is 5.11 Å². The van der Waals surface area contributed by atoms with E-state index in [0.717, 1.165) is 42.4 Å². The Bertz CT molecular complexity index is 953. The van der Waals surface area contributed by atoms with Gasteiger partial charge in [0.15, 0.2) is 5.65 Å². The molecule has 0 saturated carbocycles. The van der Waals surface area contributed by atoms with Crippen molar-refractivity contribution in [2.75, 3.05) is 36.9 Å². The largest absolute Gasteiger partial charge is 0.396 e. The Kier molecular flexibility index (Phi) is 7.18. The third kappa shape index (κ3) is 4.69. The number of halogens is 1. The lowest BCUT2D eigenvalue weighted by molar-refractivity contribution is 0.154. The molecule has 0 bridgehead atoms. The highest BCUT2D eigenvalue weighted by molar-refractivity contribution is 5.85. The Hall–Kier alpha value is -2.35. The van der Waals surface area contributed by atoms with Gasteiger partial charge in [0.25, 0.3) is 0 Å². The van der Waals surface area contributed by atoms with Crippen LogP contribution < -0.4 is 16.0 Å². The molecule has 1 unspecified atom stereocenters. The minimum Gasteiger partial charge on any atom is -0.396 e. The molecule has 4 N–H and O–H groups in total. The number of hydrogen-bond donors (Lipinski definition) is 4. The molecule has 3 aromatic rings. The van der Waals surface area contributed by atoms with Crippen molar-refractivity contribution in [2.45, 2.75) is 32.7 Å². The summed E-state index contributed by atoms with van der Waals surface area (Å²) in [5.41, 5.74) is 3.06. The Morgan fingerprint density at radius 3 is 2.70 bits per heavy atom. The number of nitrogens with one attached hydrogen (secondary N) is 3. The molecule has 8 heteroatoms.